The molecule has 0 bridgehead atoms. The van der Waals surface area contributed by atoms with Crippen LogP contribution < -0.4 is 19.5 Å². The number of aryl methyl sites for hydroxylation is 1. The maximum absolute atomic E-state index is 12.9. The van der Waals surface area contributed by atoms with Crippen molar-refractivity contribution in [2.75, 3.05) is 18.7 Å². The van der Waals surface area contributed by atoms with Crippen LogP contribution in [0.4, 0.5) is 5.69 Å². The summed E-state index contributed by atoms with van der Waals surface area (Å²) in [4.78, 5) is 12.9. The van der Waals surface area contributed by atoms with Crippen LogP contribution in [-0.2, 0) is 4.79 Å². The number of carbonyl (C=O) groups is 1. The van der Waals surface area contributed by atoms with Gasteiger partial charge < -0.3 is 23.9 Å². The minimum atomic E-state index is -0.258. The highest BCUT2D eigenvalue weighted by Crippen LogP contribution is 2.41. The third kappa shape index (κ3) is 4.45. The van der Waals surface area contributed by atoms with E-state index in [2.05, 4.69) is 5.32 Å². The quantitative estimate of drug-likeness (QED) is 0.289. The lowest BCUT2D eigenvalue weighted by Crippen LogP contribution is -2.09. The van der Waals surface area contributed by atoms with Gasteiger partial charge in [-0.2, -0.15) is 0 Å². The van der Waals surface area contributed by atoms with E-state index in [0.717, 1.165) is 38.8 Å². The van der Waals surface area contributed by atoms with Crippen molar-refractivity contribution in [1.29, 1.82) is 0 Å². The Kier molecular flexibility index (Phi) is 6.14. The van der Waals surface area contributed by atoms with E-state index in [1.807, 2.05) is 51.1 Å². The predicted octanol–water partition coefficient (Wildman–Crippen LogP) is 7.23. The lowest BCUT2D eigenvalue weighted by atomic mass is 9.96. The third-order valence-corrected chi connectivity index (χ3v) is 6.15. The van der Waals surface area contributed by atoms with E-state index in [0.29, 0.717) is 34.6 Å². The average Bonchev–Trinajstić information content (AvgIpc) is 3.48. The molecule has 1 aromatic heterocycles. The standard InChI is InChI=1S/C28H24ClNO5/c1-4-32-27-17(3)28-22(23(14-33-28)18-5-7-19(29)8-6-18)13-21(27)16(2)11-26(31)30-20-9-10-24-25(12-20)35-15-34-24/h5-14H,4,15H2,1-3H3,(H,30,31)/b16-11+. The number of hydrogen-bond donors (Lipinski definition) is 1. The third-order valence-electron chi connectivity index (χ3n) is 5.90. The number of furan rings is 1. The van der Waals surface area contributed by atoms with Crippen LogP contribution in [0, 0.1) is 6.92 Å². The van der Waals surface area contributed by atoms with Gasteiger partial charge in [-0.05, 0) is 62.2 Å². The monoisotopic (exact) mass is 489 g/mol. The number of allylic oxidation sites excluding steroid dienone is 1. The molecule has 178 valence electrons. The summed E-state index contributed by atoms with van der Waals surface area (Å²) in [5.74, 6) is 1.71. The molecular weight excluding hydrogens is 466 g/mol. The number of fused-ring (bicyclic) bond motifs is 2. The number of carbonyl (C=O) groups excluding carboxylic acids is 1. The molecule has 0 aliphatic carbocycles. The molecule has 1 amide bonds. The molecule has 1 N–H and O–H groups in total. The van der Waals surface area contributed by atoms with Crippen molar-refractivity contribution < 1.29 is 23.4 Å². The maximum Gasteiger partial charge on any atom is 0.248 e. The smallest absolute Gasteiger partial charge is 0.248 e. The van der Waals surface area contributed by atoms with Gasteiger partial charge in [0.05, 0.1) is 12.9 Å². The fraction of sp³-hybridized carbons (Fsp3) is 0.179. The number of rotatable bonds is 6. The van der Waals surface area contributed by atoms with Crippen molar-refractivity contribution in [1.82, 2.24) is 0 Å². The number of hydrogen-bond acceptors (Lipinski definition) is 5. The summed E-state index contributed by atoms with van der Waals surface area (Å²) in [5, 5.41) is 4.50. The van der Waals surface area contributed by atoms with Crippen molar-refractivity contribution in [3.8, 4) is 28.4 Å². The van der Waals surface area contributed by atoms with Crippen molar-refractivity contribution in [2.24, 2.45) is 0 Å². The summed E-state index contributed by atoms with van der Waals surface area (Å²) >= 11 is 6.07. The minimum absolute atomic E-state index is 0.180. The van der Waals surface area contributed by atoms with E-state index in [1.165, 1.54) is 0 Å². The van der Waals surface area contributed by atoms with E-state index in [9.17, 15) is 4.79 Å². The fourth-order valence-electron chi connectivity index (χ4n) is 4.22. The minimum Gasteiger partial charge on any atom is -0.493 e. The van der Waals surface area contributed by atoms with Crippen LogP contribution in [0.3, 0.4) is 0 Å². The molecule has 0 unspecified atom stereocenters. The second-order valence-corrected chi connectivity index (χ2v) is 8.67. The van der Waals surface area contributed by atoms with Crippen molar-refractivity contribution in [3.63, 3.8) is 0 Å². The van der Waals surface area contributed by atoms with Crippen molar-refractivity contribution in [2.45, 2.75) is 20.8 Å². The highest BCUT2D eigenvalue weighted by Gasteiger charge is 2.19. The molecule has 0 saturated heterocycles. The summed E-state index contributed by atoms with van der Waals surface area (Å²) in [7, 11) is 0. The summed E-state index contributed by atoms with van der Waals surface area (Å²) in [6, 6.07) is 14.9. The van der Waals surface area contributed by atoms with Gasteiger partial charge in [0.2, 0.25) is 12.7 Å². The SMILES string of the molecule is CCOc1c(/C(C)=C/C(=O)Nc2ccc3c(c2)OCO3)cc2c(-c3ccc(Cl)cc3)coc2c1C. The Bertz CT molecular complexity index is 1450. The Morgan fingerprint density at radius 2 is 1.89 bits per heavy atom. The highest BCUT2D eigenvalue weighted by molar-refractivity contribution is 6.30. The summed E-state index contributed by atoms with van der Waals surface area (Å²) < 4.78 is 22.7. The molecule has 0 radical (unpaired) electrons. The topological polar surface area (TPSA) is 69.9 Å². The average molecular weight is 490 g/mol. The first kappa shape index (κ1) is 22.9. The largest absolute Gasteiger partial charge is 0.493 e. The lowest BCUT2D eigenvalue weighted by Gasteiger charge is -2.15. The van der Waals surface area contributed by atoms with Crippen LogP contribution in [0.2, 0.25) is 5.02 Å². The Morgan fingerprint density at radius 1 is 1.11 bits per heavy atom. The first-order valence-electron chi connectivity index (χ1n) is 11.3. The zero-order valence-corrected chi connectivity index (χ0v) is 20.4. The van der Waals surface area contributed by atoms with Crippen LogP contribution in [0.1, 0.15) is 25.0 Å². The van der Waals surface area contributed by atoms with Gasteiger partial charge in [-0.15, -0.1) is 0 Å². The summed E-state index contributed by atoms with van der Waals surface area (Å²) in [6.45, 7) is 6.46. The van der Waals surface area contributed by atoms with Gasteiger partial charge in [0, 0.05) is 44.9 Å². The first-order valence-corrected chi connectivity index (χ1v) is 11.6. The van der Waals surface area contributed by atoms with Gasteiger partial charge in [0.1, 0.15) is 11.3 Å². The lowest BCUT2D eigenvalue weighted by molar-refractivity contribution is -0.111. The van der Waals surface area contributed by atoms with Crippen LogP contribution in [0.25, 0.3) is 27.7 Å². The summed E-state index contributed by atoms with van der Waals surface area (Å²) in [5.41, 5.74) is 5.78. The van der Waals surface area contributed by atoms with Gasteiger partial charge in [0.15, 0.2) is 11.5 Å². The van der Waals surface area contributed by atoms with Crippen molar-refractivity contribution >= 4 is 39.7 Å². The molecule has 0 saturated carbocycles. The molecular formula is C28H24ClNO5. The Balaban J connectivity index is 1.52. The molecule has 5 rings (SSSR count). The van der Waals surface area contributed by atoms with E-state index < -0.39 is 0 Å². The molecule has 3 aromatic carbocycles. The molecule has 0 atom stereocenters. The first-order chi connectivity index (χ1) is 16.9. The molecule has 6 nitrogen and oxygen atoms in total. The van der Waals surface area contributed by atoms with Crippen LogP contribution in [0.5, 0.6) is 17.2 Å². The zero-order chi connectivity index (χ0) is 24.5. The number of anilines is 1. The second kappa shape index (κ2) is 9.39. The second-order valence-electron chi connectivity index (χ2n) is 8.23. The zero-order valence-electron chi connectivity index (χ0n) is 19.6. The van der Waals surface area contributed by atoms with Gasteiger partial charge >= 0.3 is 0 Å². The maximum atomic E-state index is 12.9. The van der Waals surface area contributed by atoms with Crippen LogP contribution in [0.15, 0.2) is 65.3 Å². The molecule has 1 aliphatic rings. The van der Waals surface area contributed by atoms with Gasteiger partial charge in [-0.25, -0.2) is 0 Å². The van der Waals surface area contributed by atoms with Crippen LogP contribution >= 0.6 is 11.6 Å². The molecule has 7 heteroatoms. The van der Waals surface area contributed by atoms with E-state index in [4.69, 9.17) is 30.2 Å². The van der Waals surface area contributed by atoms with E-state index in [1.54, 1.807) is 30.5 Å². The van der Waals surface area contributed by atoms with Gasteiger partial charge in [0.25, 0.3) is 0 Å². The normalized spacial score (nSPS) is 12.7. The predicted molar refractivity (Wildman–Crippen MR) is 137 cm³/mol. The molecule has 35 heavy (non-hydrogen) atoms. The Morgan fingerprint density at radius 3 is 2.66 bits per heavy atom. The number of nitrogens with one attached hydrogen (secondary N) is 1. The highest BCUT2D eigenvalue weighted by atomic mass is 35.5. The number of halogens is 1. The van der Waals surface area contributed by atoms with Crippen molar-refractivity contribution in [3.05, 3.63) is 77.0 Å². The molecule has 4 aromatic rings. The van der Waals surface area contributed by atoms with Crippen LogP contribution in [-0.4, -0.2) is 19.3 Å². The molecule has 1 aliphatic heterocycles. The van der Waals surface area contributed by atoms with E-state index >= 15 is 0 Å². The van der Waals surface area contributed by atoms with Gasteiger partial charge in [-0.1, -0.05) is 23.7 Å². The molecule has 0 fully saturated rings. The number of ether oxygens (including phenoxy) is 3. The van der Waals surface area contributed by atoms with E-state index in [-0.39, 0.29) is 12.7 Å². The number of amides is 1. The molecule has 2 heterocycles. The summed E-state index contributed by atoms with van der Waals surface area (Å²) in [6.07, 6.45) is 3.31. The molecule has 0 spiro atoms. The fourth-order valence-corrected chi connectivity index (χ4v) is 4.35. The number of benzene rings is 3. The Hall–Kier alpha value is -3.90. The Labute approximate surface area is 208 Å². The van der Waals surface area contributed by atoms with Gasteiger partial charge in [-0.3, -0.25) is 4.79 Å².